The largest absolute Gasteiger partial charge is 0.465 e. The number of carbonyl (C=O) groups is 1. The summed E-state index contributed by atoms with van der Waals surface area (Å²) in [4.78, 5) is 11.5. The van der Waals surface area contributed by atoms with E-state index in [4.69, 9.17) is 4.74 Å². The molecule has 2 N–H and O–H groups in total. The van der Waals surface area contributed by atoms with Gasteiger partial charge in [-0.15, -0.1) is 0 Å². The standard InChI is InChI=1S/C14H18N2O2/c1-2-18-14(17)13-10-12(15-16-13)9-8-11-6-4-3-5-7-11/h3-9,12-13,15-16H,2,10H2,1H3/b9-8+. The van der Waals surface area contributed by atoms with Gasteiger partial charge in [-0.05, 0) is 18.9 Å². The molecule has 1 heterocycles. The van der Waals surface area contributed by atoms with E-state index in [1.165, 1.54) is 0 Å². The van der Waals surface area contributed by atoms with Crippen LogP contribution in [0, 0.1) is 0 Å². The molecule has 18 heavy (non-hydrogen) atoms. The van der Waals surface area contributed by atoms with Crippen molar-refractivity contribution in [3.63, 3.8) is 0 Å². The van der Waals surface area contributed by atoms with Crippen LogP contribution in [0.2, 0.25) is 0 Å². The maximum absolute atomic E-state index is 11.5. The molecule has 2 rings (SSSR count). The van der Waals surface area contributed by atoms with E-state index in [0.29, 0.717) is 13.0 Å². The van der Waals surface area contributed by atoms with E-state index in [9.17, 15) is 4.79 Å². The minimum atomic E-state index is -0.254. The Morgan fingerprint density at radius 2 is 2.17 bits per heavy atom. The molecule has 0 aliphatic carbocycles. The highest BCUT2D eigenvalue weighted by Gasteiger charge is 2.28. The van der Waals surface area contributed by atoms with E-state index in [-0.39, 0.29) is 18.1 Å². The molecule has 2 unspecified atom stereocenters. The van der Waals surface area contributed by atoms with Gasteiger partial charge in [-0.1, -0.05) is 42.5 Å². The Bertz CT molecular complexity index is 417. The first-order chi connectivity index (χ1) is 8.79. The van der Waals surface area contributed by atoms with Crippen molar-refractivity contribution in [2.45, 2.75) is 25.4 Å². The van der Waals surface area contributed by atoms with Crippen LogP contribution in [0.1, 0.15) is 18.9 Å². The molecule has 1 fully saturated rings. The van der Waals surface area contributed by atoms with Crippen LogP contribution >= 0.6 is 0 Å². The van der Waals surface area contributed by atoms with Crippen LogP contribution in [0.15, 0.2) is 36.4 Å². The molecule has 0 aromatic heterocycles. The molecule has 4 heteroatoms. The summed E-state index contributed by atoms with van der Waals surface area (Å²) in [7, 11) is 0. The van der Waals surface area contributed by atoms with Crippen molar-refractivity contribution in [1.29, 1.82) is 0 Å². The Labute approximate surface area is 107 Å². The Hall–Kier alpha value is -1.65. The summed E-state index contributed by atoms with van der Waals surface area (Å²) < 4.78 is 4.97. The van der Waals surface area contributed by atoms with Gasteiger partial charge in [0, 0.05) is 6.04 Å². The van der Waals surface area contributed by atoms with Gasteiger partial charge in [0.25, 0.3) is 0 Å². The Morgan fingerprint density at radius 3 is 2.89 bits per heavy atom. The average molecular weight is 246 g/mol. The van der Waals surface area contributed by atoms with Crippen LogP contribution in [-0.4, -0.2) is 24.7 Å². The first kappa shape index (κ1) is 12.8. The topological polar surface area (TPSA) is 50.4 Å². The molecule has 2 atom stereocenters. The zero-order valence-corrected chi connectivity index (χ0v) is 10.4. The molecule has 1 aromatic rings. The van der Waals surface area contributed by atoms with Crippen molar-refractivity contribution in [3.05, 3.63) is 42.0 Å². The third-order valence-electron chi connectivity index (χ3n) is 2.82. The van der Waals surface area contributed by atoms with Gasteiger partial charge >= 0.3 is 5.97 Å². The highest BCUT2D eigenvalue weighted by molar-refractivity contribution is 5.76. The second kappa shape index (κ2) is 6.33. The van der Waals surface area contributed by atoms with Gasteiger partial charge in [0.15, 0.2) is 0 Å². The molecule has 0 spiro atoms. The van der Waals surface area contributed by atoms with Gasteiger partial charge in [-0.25, -0.2) is 5.43 Å². The SMILES string of the molecule is CCOC(=O)C1CC(/C=C/c2ccccc2)NN1. The van der Waals surface area contributed by atoms with Crippen molar-refractivity contribution in [2.24, 2.45) is 0 Å². The van der Waals surface area contributed by atoms with Crippen LogP contribution in [0.4, 0.5) is 0 Å². The lowest BCUT2D eigenvalue weighted by Crippen LogP contribution is -2.38. The third kappa shape index (κ3) is 3.42. The van der Waals surface area contributed by atoms with Gasteiger partial charge in [0.2, 0.25) is 0 Å². The normalized spacial score (nSPS) is 23.4. The maximum Gasteiger partial charge on any atom is 0.324 e. The minimum Gasteiger partial charge on any atom is -0.465 e. The predicted molar refractivity (Wildman–Crippen MR) is 70.6 cm³/mol. The van der Waals surface area contributed by atoms with E-state index in [0.717, 1.165) is 5.56 Å². The lowest BCUT2D eigenvalue weighted by atomic mass is 10.1. The predicted octanol–water partition coefficient (Wildman–Crippen LogP) is 1.50. The monoisotopic (exact) mass is 246 g/mol. The summed E-state index contributed by atoms with van der Waals surface area (Å²) in [6.45, 7) is 2.23. The summed E-state index contributed by atoms with van der Waals surface area (Å²) in [6.07, 6.45) is 4.82. The molecule has 0 saturated carbocycles. The van der Waals surface area contributed by atoms with Gasteiger partial charge in [-0.2, -0.15) is 0 Å². The summed E-state index contributed by atoms with van der Waals surface area (Å²) in [5.74, 6) is -0.194. The number of nitrogens with one attached hydrogen (secondary N) is 2. The second-order valence-electron chi connectivity index (χ2n) is 4.21. The van der Waals surface area contributed by atoms with Gasteiger partial charge in [0.1, 0.15) is 6.04 Å². The van der Waals surface area contributed by atoms with Crippen molar-refractivity contribution < 1.29 is 9.53 Å². The van der Waals surface area contributed by atoms with Crippen LogP contribution in [0.3, 0.4) is 0 Å². The molecule has 96 valence electrons. The minimum absolute atomic E-state index is 0.152. The summed E-state index contributed by atoms with van der Waals surface area (Å²) >= 11 is 0. The van der Waals surface area contributed by atoms with Crippen molar-refractivity contribution in [2.75, 3.05) is 6.61 Å². The molecular weight excluding hydrogens is 228 g/mol. The Kier molecular flexibility index (Phi) is 4.50. The van der Waals surface area contributed by atoms with Gasteiger partial charge < -0.3 is 4.74 Å². The van der Waals surface area contributed by atoms with E-state index in [1.54, 1.807) is 0 Å². The summed E-state index contributed by atoms with van der Waals surface area (Å²) in [5.41, 5.74) is 7.18. The Morgan fingerprint density at radius 1 is 1.39 bits per heavy atom. The number of hydrazine groups is 1. The molecule has 1 aliphatic heterocycles. The van der Waals surface area contributed by atoms with Crippen LogP contribution < -0.4 is 10.9 Å². The number of benzene rings is 1. The zero-order valence-electron chi connectivity index (χ0n) is 10.4. The lowest BCUT2D eigenvalue weighted by molar-refractivity contribution is -0.145. The number of rotatable bonds is 4. The first-order valence-electron chi connectivity index (χ1n) is 6.20. The smallest absolute Gasteiger partial charge is 0.324 e. The van der Waals surface area contributed by atoms with Crippen molar-refractivity contribution >= 4 is 12.0 Å². The molecule has 0 radical (unpaired) electrons. The van der Waals surface area contributed by atoms with Crippen LogP contribution in [-0.2, 0) is 9.53 Å². The van der Waals surface area contributed by atoms with Crippen molar-refractivity contribution in [1.82, 2.24) is 10.9 Å². The van der Waals surface area contributed by atoms with E-state index in [2.05, 4.69) is 16.9 Å². The molecular formula is C14H18N2O2. The van der Waals surface area contributed by atoms with Gasteiger partial charge in [-0.3, -0.25) is 10.2 Å². The van der Waals surface area contributed by atoms with E-state index in [1.807, 2.05) is 43.3 Å². The van der Waals surface area contributed by atoms with Crippen LogP contribution in [0.5, 0.6) is 0 Å². The molecule has 1 aliphatic rings. The quantitative estimate of drug-likeness (QED) is 0.790. The fourth-order valence-electron chi connectivity index (χ4n) is 1.90. The zero-order chi connectivity index (χ0) is 12.8. The molecule has 0 bridgehead atoms. The molecule has 1 aromatic carbocycles. The first-order valence-corrected chi connectivity index (χ1v) is 6.20. The summed E-state index contributed by atoms with van der Waals surface area (Å²) in [5, 5.41) is 0. The number of carbonyl (C=O) groups excluding carboxylic acids is 1. The molecule has 1 saturated heterocycles. The highest BCUT2D eigenvalue weighted by atomic mass is 16.5. The maximum atomic E-state index is 11.5. The number of ether oxygens (including phenoxy) is 1. The Balaban J connectivity index is 1.86. The highest BCUT2D eigenvalue weighted by Crippen LogP contribution is 2.10. The van der Waals surface area contributed by atoms with E-state index < -0.39 is 0 Å². The second-order valence-corrected chi connectivity index (χ2v) is 4.21. The fraction of sp³-hybridized carbons (Fsp3) is 0.357. The molecule has 0 amide bonds. The van der Waals surface area contributed by atoms with Crippen LogP contribution in [0.25, 0.3) is 6.08 Å². The number of hydrogen-bond acceptors (Lipinski definition) is 4. The number of esters is 1. The van der Waals surface area contributed by atoms with Gasteiger partial charge in [0.05, 0.1) is 6.61 Å². The molecule has 4 nitrogen and oxygen atoms in total. The average Bonchev–Trinajstić information content (AvgIpc) is 2.87. The van der Waals surface area contributed by atoms with E-state index >= 15 is 0 Å². The fourth-order valence-corrected chi connectivity index (χ4v) is 1.90. The summed E-state index contributed by atoms with van der Waals surface area (Å²) in [6, 6.07) is 9.98. The third-order valence-corrected chi connectivity index (χ3v) is 2.82. The number of hydrogen-bond donors (Lipinski definition) is 2. The van der Waals surface area contributed by atoms with Crippen molar-refractivity contribution in [3.8, 4) is 0 Å². The lowest BCUT2D eigenvalue weighted by Gasteiger charge is -2.06.